The van der Waals surface area contributed by atoms with Crippen LogP contribution in [0.25, 0.3) is 22.5 Å². The molecule has 2 aromatic heterocycles. The fourth-order valence-electron chi connectivity index (χ4n) is 2.29. The van der Waals surface area contributed by atoms with Gasteiger partial charge in [-0.15, -0.1) is 10.2 Å². The molecule has 0 aliphatic carbocycles. The Bertz CT molecular complexity index is 801. The van der Waals surface area contributed by atoms with Crippen LogP contribution in [-0.4, -0.2) is 20.7 Å². The summed E-state index contributed by atoms with van der Waals surface area (Å²) in [5.74, 6) is 0.707. The van der Waals surface area contributed by atoms with E-state index in [4.69, 9.17) is 10.2 Å². The Balaban J connectivity index is 2.17. The second-order valence-corrected chi connectivity index (χ2v) is 5.24. The lowest BCUT2D eigenvalue weighted by Crippen LogP contribution is -2.19. The van der Waals surface area contributed by atoms with Gasteiger partial charge in [-0.3, -0.25) is 4.79 Å². The first-order valence-corrected chi connectivity index (χ1v) is 6.76. The van der Waals surface area contributed by atoms with Gasteiger partial charge in [0.25, 0.3) is 5.89 Å². The molecule has 2 heterocycles. The summed E-state index contributed by atoms with van der Waals surface area (Å²) in [6, 6.07) is 9.68. The molecule has 0 atom stereocenters. The highest BCUT2D eigenvalue weighted by Gasteiger charge is 2.18. The fraction of sp³-hybridized carbons (Fsp3) is 0.267. The number of amides is 1. The van der Waals surface area contributed by atoms with E-state index in [2.05, 4.69) is 10.2 Å². The number of rotatable bonds is 4. The summed E-state index contributed by atoms with van der Waals surface area (Å²) in [4.78, 5) is 11.3. The number of primary amides is 1. The smallest absolute Gasteiger partial charge is 0.264 e. The van der Waals surface area contributed by atoms with E-state index in [1.165, 1.54) is 0 Å². The van der Waals surface area contributed by atoms with Gasteiger partial charge >= 0.3 is 0 Å². The molecule has 108 valence electrons. The number of hydrogen-bond acceptors (Lipinski definition) is 4. The van der Waals surface area contributed by atoms with E-state index in [1.807, 2.05) is 44.2 Å². The van der Waals surface area contributed by atoms with Crippen molar-refractivity contribution in [3.63, 3.8) is 0 Å². The van der Waals surface area contributed by atoms with Crippen LogP contribution in [0.15, 0.2) is 34.7 Å². The minimum atomic E-state index is -0.416. The summed E-state index contributed by atoms with van der Waals surface area (Å²) in [5, 5.41) is 9.12. The topological polar surface area (TPSA) is 86.9 Å². The van der Waals surface area contributed by atoms with Gasteiger partial charge in [0.15, 0.2) is 0 Å². The van der Waals surface area contributed by atoms with Crippen molar-refractivity contribution in [2.45, 2.75) is 26.3 Å². The van der Waals surface area contributed by atoms with Crippen molar-refractivity contribution in [3.8, 4) is 11.6 Å². The minimum absolute atomic E-state index is 0.0717. The van der Waals surface area contributed by atoms with Crippen LogP contribution in [0, 0.1) is 0 Å². The molecular weight excluding hydrogens is 268 g/mol. The predicted octanol–water partition coefficient (Wildman–Crippen LogP) is 2.30. The molecule has 0 fully saturated rings. The first-order valence-electron chi connectivity index (χ1n) is 6.76. The van der Waals surface area contributed by atoms with E-state index in [0.29, 0.717) is 17.5 Å². The monoisotopic (exact) mass is 284 g/mol. The highest BCUT2D eigenvalue weighted by Crippen LogP contribution is 2.28. The van der Waals surface area contributed by atoms with Crippen molar-refractivity contribution in [1.29, 1.82) is 0 Å². The molecule has 3 rings (SSSR count). The Labute approximate surface area is 121 Å². The number of carbonyl (C=O) groups is 1. The van der Waals surface area contributed by atoms with Crippen molar-refractivity contribution >= 4 is 16.8 Å². The minimum Gasteiger partial charge on any atom is -0.419 e. The van der Waals surface area contributed by atoms with E-state index in [9.17, 15) is 4.79 Å². The molecule has 0 spiro atoms. The average Bonchev–Trinajstić information content (AvgIpc) is 3.03. The third-order valence-corrected chi connectivity index (χ3v) is 3.28. The van der Waals surface area contributed by atoms with Crippen LogP contribution in [0.1, 0.15) is 25.7 Å². The number of para-hydroxylation sites is 1. The lowest BCUT2D eigenvalue weighted by Gasteiger charge is -2.05. The van der Waals surface area contributed by atoms with Gasteiger partial charge in [-0.1, -0.05) is 32.0 Å². The van der Waals surface area contributed by atoms with E-state index < -0.39 is 5.91 Å². The predicted molar refractivity (Wildman–Crippen MR) is 78.5 cm³/mol. The zero-order valence-corrected chi connectivity index (χ0v) is 11.9. The zero-order valence-electron chi connectivity index (χ0n) is 11.9. The third-order valence-electron chi connectivity index (χ3n) is 3.28. The van der Waals surface area contributed by atoms with Crippen molar-refractivity contribution in [1.82, 2.24) is 14.8 Å². The number of aromatic nitrogens is 3. The molecule has 3 aromatic rings. The highest BCUT2D eigenvalue weighted by molar-refractivity contribution is 5.87. The number of carbonyl (C=O) groups excluding carboxylic acids is 1. The second-order valence-electron chi connectivity index (χ2n) is 5.24. The van der Waals surface area contributed by atoms with Crippen molar-refractivity contribution in [3.05, 3.63) is 36.2 Å². The molecule has 6 heteroatoms. The number of fused-ring (bicyclic) bond motifs is 1. The maximum Gasteiger partial charge on any atom is 0.264 e. The van der Waals surface area contributed by atoms with Gasteiger partial charge < -0.3 is 14.7 Å². The lowest BCUT2D eigenvalue weighted by atomic mass is 10.2. The Morgan fingerprint density at radius 3 is 2.76 bits per heavy atom. The summed E-state index contributed by atoms with van der Waals surface area (Å²) in [7, 11) is 0. The first kappa shape index (κ1) is 13.4. The van der Waals surface area contributed by atoms with Crippen LogP contribution in [0.3, 0.4) is 0 Å². The molecule has 0 aliphatic rings. The summed E-state index contributed by atoms with van der Waals surface area (Å²) >= 11 is 0. The Kier molecular flexibility index (Phi) is 3.21. The molecule has 1 aromatic carbocycles. The molecule has 0 aliphatic heterocycles. The van der Waals surface area contributed by atoms with Gasteiger partial charge in [0, 0.05) is 16.8 Å². The van der Waals surface area contributed by atoms with Gasteiger partial charge in [0.1, 0.15) is 12.2 Å². The molecule has 2 N–H and O–H groups in total. The summed E-state index contributed by atoms with van der Waals surface area (Å²) in [5.41, 5.74) is 6.96. The van der Waals surface area contributed by atoms with E-state index >= 15 is 0 Å². The molecule has 1 amide bonds. The molecule has 0 radical (unpaired) electrons. The van der Waals surface area contributed by atoms with E-state index in [0.717, 1.165) is 10.9 Å². The largest absolute Gasteiger partial charge is 0.419 e. The first-order chi connectivity index (χ1) is 10.1. The van der Waals surface area contributed by atoms with Crippen LogP contribution in [0.5, 0.6) is 0 Å². The number of nitrogens with two attached hydrogens (primary N) is 1. The van der Waals surface area contributed by atoms with E-state index in [1.54, 1.807) is 4.57 Å². The maximum absolute atomic E-state index is 11.3. The lowest BCUT2D eigenvalue weighted by molar-refractivity contribution is -0.118. The normalized spacial score (nSPS) is 11.4. The summed E-state index contributed by atoms with van der Waals surface area (Å²) < 4.78 is 7.49. The van der Waals surface area contributed by atoms with Crippen LogP contribution in [-0.2, 0) is 11.3 Å². The van der Waals surface area contributed by atoms with Gasteiger partial charge in [0.05, 0.1) is 0 Å². The molecule has 6 nitrogen and oxygen atoms in total. The molecular formula is C15H16N4O2. The standard InChI is InChI=1S/C15H16N4O2/c1-9(2)14-17-18-15(21-14)12-7-10-5-3-4-6-11(10)19(12)8-13(16)20/h3-7,9H,8H2,1-2H3,(H2,16,20). The van der Waals surface area contributed by atoms with Crippen molar-refractivity contribution in [2.24, 2.45) is 5.73 Å². The molecule has 0 bridgehead atoms. The highest BCUT2D eigenvalue weighted by atomic mass is 16.4. The molecule has 21 heavy (non-hydrogen) atoms. The fourth-order valence-corrected chi connectivity index (χ4v) is 2.29. The van der Waals surface area contributed by atoms with Gasteiger partial charge in [-0.05, 0) is 12.1 Å². The zero-order chi connectivity index (χ0) is 15.0. The molecule has 0 saturated heterocycles. The second kappa shape index (κ2) is 5.05. The van der Waals surface area contributed by atoms with Crippen molar-refractivity contribution < 1.29 is 9.21 Å². The Hall–Kier alpha value is -2.63. The van der Waals surface area contributed by atoms with Crippen LogP contribution >= 0.6 is 0 Å². The Morgan fingerprint density at radius 2 is 2.10 bits per heavy atom. The maximum atomic E-state index is 11.3. The number of nitrogens with zero attached hydrogens (tertiary/aromatic N) is 3. The van der Waals surface area contributed by atoms with Gasteiger partial charge in [0.2, 0.25) is 11.8 Å². The molecule has 0 saturated carbocycles. The Morgan fingerprint density at radius 1 is 1.33 bits per heavy atom. The number of benzene rings is 1. The van der Waals surface area contributed by atoms with Gasteiger partial charge in [-0.25, -0.2) is 0 Å². The average molecular weight is 284 g/mol. The third kappa shape index (κ3) is 2.40. The number of hydrogen-bond donors (Lipinski definition) is 1. The van der Waals surface area contributed by atoms with Gasteiger partial charge in [-0.2, -0.15) is 0 Å². The summed E-state index contributed by atoms with van der Waals surface area (Å²) in [6.45, 7) is 4.04. The van der Waals surface area contributed by atoms with Crippen molar-refractivity contribution in [2.75, 3.05) is 0 Å². The van der Waals surface area contributed by atoms with E-state index in [-0.39, 0.29) is 12.5 Å². The quantitative estimate of drug-likeness (QED) is 0.796. The van der Waals surface area contributed by atoms with Crippen LogP contribution < -0.4 is 5.73 Å². The SMILES string of the molecule is CC(C)c1nnc(-c2cc3ccccc3n2CC(N)=O)o1. The molecule has 0 unspecified atom stereocenters. The van der Waals surface area contributed by atoms with Crippen LogP contribution in [0.4, 0.5) is 0 Å². The summed E-state index contributed by atoms with van der Waals surface area (Å²) in [6.07, 6.45) is 0. The van der Waals surface area contributed by atoms with Crippen LogP contribution in [0.2, 0.25) is 0 Å².